The molecule has 142 valence electrons. The Morgan fingerprint density at radius 2 is 1.81 bits per heavy atom. The summed E-state index contributed by atoms with van der Waals surface area (Å²) in [6, 6.07) is 14.9. The first-order chi connectivity index (χ1) is 13.0. The summed E-state index contributed by atoms with van der Waals surface area (Å²) in [5.41, 5.74) is 1.54. The number of amides is 1. The summed E-state index contributed by atoms with van der Waals surface area (Å²) < 4.78 is 15.7. The Hall–Kier alpha value is -3.02. The Labute approximate surface area is 158 Å². The lowest BCUT2D eigenvalue weighted by Gasteiger charge is -2.18. The Morgan fingerprint density at radius 3 is 2.59 bits per heavy atom. The van der Waals surface area contributed by atoms with Gasteiger partial charge in [0.1, 0.15) is 0 Å². The fourth-order valence-electron chi connectivity index (χ4n) is 2.77. The van der Waals surface area contributed by atoms with Crippen LogP contribution in [-0.2, 0) is 16.0 Å². The minimum absolute atomic E-state index is 0.0237. The minimum Gasteiger partial charge on any atom is -0.454 e. The molecule has 0 unspecified atom stereocenters. The van der Waals surface area contributed by atoms with Gasteiger partial charge in [0, 0.05) is 6.04 Å². The molecule has 0 saturated carbocycles. The zero-order valence-electron chi connectivity index (χ0n) is 15.4. The van der Waals surface area contributed by atoms with Crippen LogP contribution in [0.15, 0.2) is 48.5 Å². The molecule has 0 spiro atoms. The largest absolute Gasteiger partial charge is 0.454 e. The predicted molar refractivity (Wildman–Crippen MR) is 99.8 cm³/mol. The minimum atomic E-state index is -0.887. The van der Waals surface area contributed by atoms with Crippen molar-refractivity contribution in [1.82, 2.24) is 5.32 Å². The molecule has 1 N–H and O–H groups in total. The average Bonchev–Trinajstić information content (AvgIpc) is 3.14. The fourth-order valence-corrected chi connectivity index (χ4v) is 2.77. The highest BCUT2D eigenvalue weighted by Gasteiger charge is 2.22. The van der Waals surface area contributed by atoms with Crippen molar-refractivity contribution in [1.29, 1.82) is 0 Å². The summed E-state index contributed by atoms with van der Waals surface area (Å²) in [5.74, 6) is 0.193. The van der Waals surface area contributed by atoms with Crippen molar-refractivity contribution in [2.45, 2.75) is 38.8 Å². The van der Waals surface area contributed by atoms with Crippen LogP contribution >= 0.6 is 0 Å². The number of nitrogens with one attached hydrogen (secondary N) is 1. The van der Waals surface area contributed by atoms with Gasteiger partial charge in [0.15, 0.2) is 17.6 Å². The van der Waals surface area contributed by atoms with Crippen molar-refractivity contribution in [2.75, 3.05) is 6.79 Å². The van der Waals surface area contributed by atoms with Crippen molar-refractivity contribution in [3.63, 3.8) is 0 Å². The van der Waals surface area contributed by atoms with Gasteiger partial charge in [0.2, 0.25) is 6.79 Å². The molecule has 6 heteroatoms. The summed E-state index contributed by atoms with van der Waals surface area (Å²) in [4.78, 5) is 24.5. The first-order valence-corrected chi connectivity index (χ1v) is 8.98. The van der Waals surface area contributed by atoms with Crippen molar-refractivity contribution >= 4 is 11.9 Å². The Morgan fingerprint density at radius 1 is 1.07 bits per heavy atom. The summed E-state index contributed by atoms with van der Waals surface area (Å²) in [6.07, 6.45) is 0.786. The lowest BCUT2D eigenvalue weighted by Crippen LogP contribution is -2.41. The first-order valence-electron chi connectivity index (χ1n) is 8.98. The van der Waals surface area contributed by atoms with Crippen LogP contribution in [0.25, 0.3) is 0 Å². The summed E-state index contributed by atoms with van der Waals surface area (Å²) >= 11 is 0. The highest BCUT2D eigenvalue weighted by atomic mass is 16.7. The quantitative estimate of drug-likeness (QED) is 0.759. The molecule has 0 aliphatic carbocycles. The zero-order valence-corrected chi connectivity index (χ0v) is 15.4. The van der Waals surface area contributed by atoms with Crippen LogP contribution in [0.4, 0.5) is 0 Å². The Bertz CT molecular complexity index is 805. The molecule has 27 heavy (non-hydrogen) atoms. The maximum Gasteiger partial charge on any atom is 0.339 e. The van der Waals surface area contributed by atoms with Crippen LogP contribution in [0.5, 0.6) is 11.5 Å². The van der Waals surface area contributed by atoms with E-state index >= 15 is 0 Å². The molecule has 0 bridgehead atoms. The van der Waals surface area contributed by atoms with Crippen LogP contribution in [0.3, 0.4) is 0 Å². The molecule has 1 heterocycles. The molecule has 0 radical (unpaired) electrons. The van der Waals surface area contributed by atoms with Gasteiger partial charge >= 0.3 is 5.97 Å². The summed E-state index contributed by atoms with van der Waals surface area (Å²) in [7, 11) is 0. The van der Waals surface area contributed by atoms with Crippen LogP contribution < -0.4 is 14.8 Å². The van der Waals surface area contributed by atoms with Gasteiger partial charge in [0.25, 0.3) is 5.91 Å². The van der Waals surface area contributed by atoms with Crippen LogP contribution in [0.1, 0.15) is 36.2 Å². The van der Waals surface area contributed by atoms with Gasteiger partial charge in [-0.15, -0.1) is 0 Å². The van der Waals surface area contributed by atoms with Crippen LogP contribution in [0.2, 0.25) is 0 Å². The molecular formula is C21H23NO5. The van der Waals surface area contributed by atoms with Crippen LogP contribution in [0, 0.1) is 0 Å². The highest BCUT2D eigenvalue weighted by molar-refractivity contribution is 5.93. The number of hydrogen-bond acceptors (Lipinski definition) is 5. The van der Waals surface area contributed by atoms with Crippen LogP contribution in [-0.4, -0.2) is 30.8 Å². The van der Waals surface area contributed by atoms with Crippen molar-refractivity contribution in [3.8, 4) is 11.5 Å². The van der Waals surface area contributed by atoms with Gasteiger partial charge in [-0.25, -0.2) is 4.79 Å². The Kier molecular flexibility index (Phi) is 5.96. The number of esters is 1. The molecule has 0 aromatic heterocycles. The highest BCUT2D eigenvalue weighted by Crippen LogP contribution is 2.32. The van der Waals surface area contributed by atoms with Gasteiger partial charge < -0.3 is 19.5 Å². The lowest BCUT2D eigenvalue weighted by atomic mass is 10.1. The van der Waals surface area contributed by atoms with Gasteiger partial charge in [0.05, 0.1) is 5.56 Å². The van der Waals surface area contributed by atoms with Gasteiger partial charge in [-0.2, -0.15) is 0 Å². The van der Waals surface area contributed by atoms with E-state index in [9.17, 15) is 9.59 Å². The van der Waals surface area contributed by atoms with E-state index in [0.29, 0.717) is 17.1 Å². The van der Waals surface area contributed by atoms with Gasteiger partial charge in [-0.1, -0.05) is 30.3 Å². The van der Waals surface area contributed by atoms with E-state index in [-0.39, 0.29) is 18.7 Å². The number of benzene rings is 2. The molecule has 1 aliphatic rings. The number of carbonyl (C=O) groups excluding carboxylic acids is 2. The molecule has 1 amide bonds. The number of rotatable bonds is 7. The summed E-state index contributed by atoms with van der Waals surface area (Å²) in [5, 5.41) is 2.89. The van der Waals surface area contributed by atoms with E-state index in [0.717, 1.165) is 12.8 Å². The number of ether oxygens (including phenoxy) is 3. The van der Waals surface area contributed by atoms with E-state index in [4.69, 9.17) is 14.2 Å². The molecule has 3 rings (SSSR count). The Balaban J connectivity index is 1.47. The second-order valence-corrected chi connectivity index (χ2v) is 6.55. The molecule has 0 fully saturated rings. The standard InChI is InChI=1S/C21H23NO5/c1-14(8-9-16-6-4-3-5-7-16)22-20(23)15(2)27-21(24)17-10-11-18-19(12-17)26-13-25-18/h3-7,10-12,14-15H,8-9,13H2,1-2H3,(H,22,23)/t14-,15+/m1/s1. The monoisotopic (exact) mass is 369 g/mol. The van der Waals surface area contributed by atoms with E-state index < -0.39 is 12.1 Å². The third-order valence-corrected chi connectivity index (χ3v) is 4.36. The average molecular weight is 369 g/mol. The molecule has 2 atom stereocenters. The molecular weight excluding hydrogens is 346 g/mol. The predicted octanol–water partition coefficient (Wildman–Crippen LogP) is 3.10. The van der Waals surface area contributed by atoms with Crippen molar-refractivity contribution in [2.24, 2.45) is 0 Å². The third kappa shape index (κ3) is 5.00. The SMILES string of the molecule is C[C@H](CCc1ccccc1)NC(=O)[C@H](C)OC(=O)c1ccc2c(c1)OCO2. The third-order valence-electron chi connectivity index (χ3n) is 4.36. The van der Waals surface area contributed by atoms with Gasteiger partial charge in [-0.05, 0) is 50.5 Å². The normalized spacial score (nSPS) is 14.3. The van der Waals surface area contributed by atoms with Gasteiger partial charge in [-0.3, -0.25) is 4.79 Å². The number of carbonyl (C=O) groups is 2. The molecule has 2 aromatic rings. The molecule has 1 aliphatic heterocycles. The number of hydrogen-bond donors (Lipinski definition) is 1. The smallest absolute Gasteiger partial charge is 0.339 e. The van der Waals surface area contributed by atoms with E-state index in [2.05, 4.69) is 17.4 Å². The van der Waals surface area contributed by atoms with E-state index in [1.165, 1.54) is 5.56 Å². The first kappa shape index (κ1) is 18.8. The maximum atomic E-state index is 12.3. The number of aryl methyl sites for hydroxylation is 1. The second kappa shape index (κ2) is 8.58. The number of fused-ring (bicyclic) bond motifs is 1. The molecule has 2 aromatic carbocycles. The fraction of sp³-hybridized carbons (Fsp3) is 0.333. The molecule has 6 nitrogen and oxygen atoms in total. The second-order valence-electron chi connectivity index (χ2n) is 6.55. The summed E-state index contributed by atoms with van der Waals surface area (Å²) in [6.45, 7) is 3.63. The molecule has 0 saturated heterocycles. The van der Waals surface area contributed by atoms with Crippen molar-refractivity contribution < 1.29 is 23.8 Å². The lowest BCUT2D eigenvalue weighted by molar-refractivity contribution is -0.129. The zero-order chi connectivity index (χ0) is 19.2. The van der Waals surface area contributed by atoms with E-state index in [1.807, 2.05) is 25.1 Å². The van der Waals surface area contributed by atoms with E-state index in [1.54, 1.807) is 25.1 Å². The topological polar surface area (TPSA) is 73.9 Å². The van der Waals surface area contributed by atoms with Crippen molar-refractivity contribution in [3.05, 3.63) is 59.7 Å². The maximum absolute atomic E-state index is 12.3.